The van der Waals surface area contributed by atoms with Crippen molar-refractivity contribution in [1.29, 1.82) is 0 Å². The monoisotopic (exact) mass is 399 g/mol. The van der Waals surface area contributed by atoms with Crippen LogP contribution in [0, 0.1) is 11.8 Å². The summed E-state index contributed by atoms with van der Waals surface area (Å²) in [6, 6.07) is 5.62. The molecule has 5 rings (SSSR count). The first kappa shape index (κ1) is 18.8. The van der Waals surface area contributed by atoms with Gasteiger partial charge in [-0.1, -0.05) is 6.92 Å². The van der Waals surface area contributed by atoms with Gasteiger partial charge in [-0.3, -0.25) is 0 Å². The number of benzene rings is 1. The van der Waals surface area contributed by atoms with Crippen LogP contribution in [0.25, 0.3) is 0 Å². The molecule has 0 amide bonds. The summed E-state index contributed by atoms with van der Waals surface area (Å²) < 4.78 is 19.2. The van der Waals surface area contributed by atoms with Crippen LogP contribution in [0.4, 0.5) is 0 Å². The van der Waals surface area contributed by atoms with Gasteiger partial charge >= 0.3 is 0 Å². The van der Waals surface area contributed by atoms with Crippen LogP contribution in [0.1, 0.15) is 25.6 Å². The maximum Gasteiger partial charge on any atom is 0.231 e. The lowest BCUT2D eigenvalue weighted by atomic mass is 9.78. The van der Waals surface area contributed by atoms with Gasteiger partial charge < -0.3 is 28.8 Å². The van der Waals surface area contributed by atoms with E-state index in [2.05, 4.69) is 27.6 Å². The molecule has 7 nitrogen and oxygen atoms in total. The number of hydrogen-bond donors (Lipinski definition) is 1. The number of aliphatic hydroxyl groups excluding tert-OH is 1. The van der Waals surface area contributed by atoms with Crippen LogP contribution in [0.5, 0.6) is 17.2 Å². The predicted molar refractivity (Wildman–Crippen MR) is 107 cm³/mol. The molecule has 0 spiro atoms. The van der Waals surface area contributed by atoms with E-state index >= 15 is 0 Å². The van der Waals surface area contributed by atoms with E-state index in [1.54, 1.807) is 0 Å². The highest BCUT2D eigenvalue weighted by Crippen LogP contribution is 2.40. The second kappa shape index (κ2) is 7.88. The molecule has 0 unspecified atom stereocenters. The minimum absolute atomic E-state index is 0.170. The van der Waals surface area contributed by atoms with Crippen molar-refractivity contribution >= 4 is 0 Å². The molecule has 1 aliphatic carbocycles. The van der Waals surface area contributed by atoms with Crippen LogP contribution >= 0.6 is 0 Å². The van der Waals surface area contributed by atoms with Crippen molar-refractivity contribution in [3.8, 4) is 17.2 Å². The van der Waals surface area contributed by atoms with Crippen molar-refractivity contribution in [2.24, 2.45) is 11.8 Å². The fourth-order valence-corrected chi connectivity index (χ4v) is 5.03. The summed E-state index contributed by atoms with van der Waals surface area (Å²) >= 11 is 0. The lowest BCUT2D eigenvalue weighted by Crippen LogP contribution is -2.42. The van der Waals surface area contributed by atoms with Crippen LogP contribution < -0.4 is 14.2 Å². The number of aromatic nitrogens is 2. The van der Waals surface area contributed by atoms with Gasteiger partial charge in [0, 0.05) is 51.1 Å². The zero-order chi connectivity index (χ0) is 19.8. The van der Waals surface area contributed by atoms with Crippen molar-refractivity contribution in [2.75, 3.05) is 26.4 Å². The van der Waals surface area contributed by atoms with E-state index in [1.165, 1.54) is 0 Å². The lowest BCUT2D eigenvalue weighted by Gasteiger charge is -2.35. The molecule has 2 fully saturated rings. The van der Waals surface area contributed by atoms with Gasteiger partial charge in [-0.15, -0.1) is 0 Å². The van der Waals surface area contributed by atoms with Gasteiger partial charge in [0.2, 0.25) is 6.79 Å². The van der Waals surface area contributed by atoms with E-state index in [1.807, 2.05) is 24.4 Å². The third-order valence-corrected chi connectivity index (χ3v) is 6.57. The molecule has 1 N–H and O–H groups in total. The third kappa shape index (κ3) is 3.81. The summed E-state index contributed by atoms with van der Waals surface area (Å²) in [4.78, 5) is 6.94. The number of aryl methyl sites for hydroxylation is 1. The second-order valence-electron chi connectivity index (χ2n) is 8.38. The van der Waals surface area contributed by atoms with Crippen molar-refractivity contribution in [3.63, 3.8) is 0 Å². The molecule has 1 aromatic heterocycles. The molecule has 0 radical (unpaired) electrons. The molecular formula is C22H29N3O4. The second-order valence-corrected chi connectivity index (χ2v) is 8.38. The third-order valence-electron chi connectivity index (χ3n) is 6.57. The molecule has 2 aliphatic heterocycles. The quantitative estimate of drug-likeness (QED) is 0.804. The number of aliphatic hydroxyl groups is 1. The highest BCUT2D eigenvalue weighted by atomic mass is 16.7. The van der Waals surface area contributed by atoms with Crippen LogP contribution in [0.15, 0.2) is 30.6 Å². The molecule has 3 heterocycles. The highest BCUT2D eigenvalue weighted by Gasteiger charge is 2.42. The maximum atomic E-state index is 10.7. The molecule has 3 aliphatic rings. The molecule has 29 heavy (non-hydrogen) atoms. The first-order chi connectivity index (χ1) is 14.2. The van der Waals surface area contributed by atoms with E-state index in [0.29, 0.717) is 17.6 Å². The lowest BCUT2D eigenvalue weighted by molar-refractivity contribution is -0.0232. The van der Waals surface area contributed by atoms with Gasteiger partial charge in [0.1, 0.15) is 17.7 Å². The fraction of sp³-hybridized carbons (Fsp3) is 0.591. The number of fused-ring (bicyclic) bond motifs is 2. The van der Waals surface area contributed by atoms with Crippen molar-refractivity contribution < 1.29 is 19.3 Å². The highest BCUT2D eigenvalue weighted by molar-refractivity contribution is 5.47. The van der Waals surface area contributed by atoms with E-state index in [0.717, 1.165) is 62.8 Å². The van der Waals surface area contributed by atoms with Gasteiger partial charge in [-0.05, 0) is 36.8 Å². The van der Waals surface area contributed by atoms with Crippen molar-refractivity contribution in [3.05, 3.63) is 36.4 Å². The zero-order valence-electron chi connectivity index (χ0n) is 16.9. The van der Waals surface area contributed by atoms with Gasteiger partial charge in [0.25, 0.3) is 0 Å². The van der Waals surface area contributed by atoms with Crippen LogP contribution in [0.3, 0.4) is 0 Å². The van der Waals surface area contributed by atoms with Crippen LogP contribution in [0.2, 0.25) is 0 Å². The minimum atomic E-state index is -0.429. The van der Waals surface area contributed by atoms with E-state index in [9.17, 15) is 5.11 Å². The average molecular weight is 399 g/mol. The fourth-order valence-electron chi connectivity index (χ4n) is 5.03. The normalized spacial score (nSPS) is 28.5. The zero-order valence-corrected chi connectivity index (χ0v) is 16.9. The van der Waals surface area contributed by atoms with E-state index < -0.39 is 6.10 Å². The summed E-state index contributed by atoms with van der Waals surface area (Å²) in [5.41, 5.74) is 0. The molecule has 0 bridgehead atoms. The molecule has 1 saturated carbocycles. The predicted octanol–water partition coefficient (Wildman–Crippen LogP) is 2.32. The SMILES string of the molecule is CCc1nccn1CCN1C[C@H]2C[C@@H](Oc3ccc4c(c3)OCO4)[C@H](O)C[C@H]2C1. The van der Waals surface area contributed by atoms with Gasteiger partial charge in [0.05, 0.1) is 6.10 Å². The van der Waals surface area contributed by atoms with Gasteiger partial charge in [-0.2, -0.15) is 0 Å². The molecule has 1 saturated heterocycles. The number of rotatable bonds is 6. The molecule has 156 valence electrons. The Bertz CT molecular complexity index is 854. The molecule has 4 atom stereocenters. The Balaban J connectivity index is 1.18. The number of likely N-dealkylation sites (tertiary alicyclic amines) is 1. The van der Waals surface area contributed by atoms with E-state index in [4.69, 9.17) is 14.2 Å². The summed E-state index contributed by atoms with van der Waals surface area (Å²) in [7, 11) is 0. The van der Waals surface area contributed by atoms with Gasteiger partial charge in [-0.25, -0.2) is 4.98 Å². The Morgan fingerprint density at radius 2 is 1.97 bits per heavy atom. The summed E-state index contributed by atoms with van der Waals surface area (Å²) in [6.07, 6.45) is 6.02. The Morgan fingerprint density at radius 3 is 2.83 bits per heavy atom. The number of imidazole rings is 1. The standard InChI is InChI=1S/C22H29N3O4/c1-2-22-23-5-6-25(22)8-7-24-12-15-9-18(26)20(10-16(15)13-24)29-17-3-4-19-21(11-17)28-14-27-19/h3-6,11,15-16,18,20,26H,2,7-10,12-14H2,1H3/t15-,16+,18+,20+/m0/s1. The first-order valence-electron chi connectivity index (χ1n) is 10.7. The van der Waals surface area contributed by atoms with Crippen molar-refractivity contribution in [1.82, 2.24) is 14.5 Å². The number of nitrogens with zero attached hydrogens (tertiary/aromatic N) is 3. The largest absolute Gasteiger partial charge is 0.488 e. The first-order valence-corrected chi connectivity index (χ1v) is 10.7. The molecular weight excluding hydrogens is 370 g/mol. The molecule has 1 aromatic carbocycles. The summed E-state index contributed by atoms with van der Waals surface area (Å²) in [5, 5.41) is 10.7. The Labute approximate surface area is 171 Å². The average Bonchev–Trinajstić information content (AvgIpc) is 3.45. The summed E-state index contributed by atoms with van der Waals surface area (Å²) in [6.45, 7) is 6.54. The maximum absolute atomic E-state index is 10.7. The molecule has 2 aromatic rings. The van der Waals surface area contributed by atoms with Crippen LogP contribution in [-0.2, 0) is 13.0 Å². The smallest absolute Gasteiger partial charge is 0.231 e. The van der Waals surface area contributed by atoms with E-state index in [-0.39, 0.29) is 12.9 Å². The topological polar surface area (TPSA) is 69.0 Å². The Hall–Kier alpha value is -2.25. The van der Waals surface area contributed by atoms with Crippen molar-refractivity contribution in [2.45, 2.75) is 44.9 Å². The number of hydrogen-bond acceptors (Lipinski definition) is 6. The Morgan fingerprint density at radius 1 is 1.14 bits per heavy atom. The number of ether oxygens (including phenoxy) is 3. The Kier molecular flexibility index (Phi) is 5.09. The van der Waals surface area contributed by atoms with Crippen LogP contribution in [-0.4, -0.2) is 58.2 Å². The summed E-state index contributed by atoms with van der Waals surface area (Å²) in [5.74, 6) is 4.47. The minimum Gasteiger partial charge on any atom is -0.488 e. The van der Waals surface area contributed by atoms with Gasteiger partial charge in [0.15, 0.2) is 11.5 Å². The molecule has 7 heteroatoms.